The number of rotatable bonds is 3. The standard InChI is InChI=1S/C22H34O4/c1-16-9-12-18(21(2,3)25-6)13-11-17(20(23)24-5)8-7-15-22(4)19(26-22)14-10-16/h8-9,12,19H,7,10-11,13-15H2,1-6H3/b16-9+,17-8+,18-12+/t19-,22-/m0/s1. The van der Waals surface area contributed by atoms with Crippen molar-refractivity contribution in [2.24, 2.45) is 0 Å². The normalized spacial score (nSPS) is 34.1. The van der Waals surface area contributed by atoms with E-state index in [-0.39, 0.29) is 17.2 Å². The fourth-order valence-electron chi connectivity index (χ4n) is 3.50. The van der Waals surface area contributed by atoms with E-state index in [1.165, 1.54) is 18.3 Å². The number of carbonyl (C=O) groups excluding carboxylic acids is 1. The molecule has 26 heavy (non-hydrogen) atoms. The molecule has 0 aromatic carbocycles. The Bertz CT molecular complexity index is 612. The van der Waals surface area contributed by atoms with Gasteiger partial charge < -0.3 is 14.2 Å². The van der Waals surface area contributed by atoms with Crippen LogP contribution in [0.5, 0.6) is 0 Å². The average molecular weight is 363 g/mol. The molecule has 4 nitrogen and oxygen atoms in total. The fourth-order valence-corrected chi connectivity index (χ4v) is 3.50. The summed E-state index contributed by atoms with van der Waals surface area (Å²) in [6.07, 6.45) is 12.0. The predicted molar refractivity (Wildman–Crippen MR) is 104 cm³/mol. The third kappa shape index (κ3) is 5.31. The number of fused-ring (bicyclic) bond motifs is 1. The van der Waals surface area contributed by atoms with Crippen molar-refractivity contribution in [2.45, 2.75) is 83.5 Å². The second kappa shape index (κ2) is 8.53. The second-order valence-electron chi connectivity index (χ2n) is 8.14. The Hall–Kier alpha value is -1.39. The van der Waals surface area contributed by atoms with Crippen molar-refractivity contribution in [1.29, 1.82) is 0 Å². The number of hydrogen-bond donors (Lipinski definition) is 0. The van der Waals surface area contributed by atoms with Gasteiger partial charge >= 0.3 is 5.97 Å². The lowest BCUT2D eigenvalue weighted by Gasteiger charge is -2.27. The van der Waals surface area contributed by atoms with Crippen LogP contribution in [-0.4, -0.2) is 37.5 Å². The van der Waals surface area contributed by atoms with E-state index in [0.29, 0.717) is 12.5 Å². The summed E-state index contributed by atoms with van der Waals surface area (Å²) in [7, 11) is 3.17. The molecular formula is C22H34O4. The third-order valence-electron chi connectivity index (χ3n) is 5.83. The monoisotopic (exact) mass is 362 g/mol. The van der Waals surface area contributed by atoms with Gasteiger partial charge in [-0.25, -0.2) is 4.79 Å². The molecule has 2 rings (SSSR count). The van der Waals surface area contributed by atoms with E-state index < -0.39 is 0 Å². The first kappa shape index (κ1) is 20.9. The molecule has 2 aliphatic rings. The Morgan fingerprint density at radius 1 is 1.23 bits per heavy atom. The summed E-state index contributed by atoms with van der Waals surface area (Å²) in [4.78, 5) is 12.2. The molecule has 1 aliphatic heterocycles. The Labute approximate surface area is 158 Å². The molecule has 1 fully saturated rings. The minimum Gasteiger partial charge on any atom is -0.466 e. The smallest absolute Gasteiger partial charge is 0.333 e. The molecule has 0 aromatic heterocycles. The molecule has 0 spiro atoms. The van der Waals surface area contributed by atoms with E-state index in [2.05, 4.69) is 39.8 Å². The maximum absolute atomic E-state index is 12.2. The van der Waals surface area contributed by atoms with Crippen LogP contribution in [0.3, 0.4) is 0 Å². The van der Waals surface area contributed by atoms with Crippen molar-refractivity contribution in [3.8, 4) is 0 Å². The molecular weight excluding hydrogens is 328 g/mol. The molecule has 0 saturated carbocycles. The lowest BCUT2D eigenvalue weighted by molar-refractivity contribution is -0.136. The summed E-state index contributed by atoms with van der Waals surface area (Å²) in [6.45, 7) is 8.47. The molecule has 0 N–H and O–H groups in total. The van der Waals surface area contributed by atoms with Gasteiger partial charge in [0.15, 0.2) is 0 Å². The van der Waals surface area contributed by atoms with Gasteiger partial charge in [0.05, 0.1) is 24.4 Å². The van der Waals surface area contributed by atoms with Crippen molar-refractivity contribution < 1.29 is 19.0 Å². The Balaban J connectivity index is 2.28. The molecule has 0 radical (unpaired) electrons. The van der Waals surface area contributed by atoms with Gasteiger partial charge in [0.25, 0.3) is 0 Å². The summed E-state index contributed by atoms with van der Waals surface area (Å²) in [5.41, 5.74) is 2.85. The van der Waals surface area contributed by atoms with Crippen LogP contribution in [0.1, 0.15) is 66.2 Å². The molecule has 2 atom stereocenters. The predicted octanol–water partition coefficient (Wildman–Crippen LogP) is 4.90. The molecule has 1 saturated heterocycles. The van der Waals surface area contributed by atoms with Crippen LogP contribution in [0.2, 0.25) is 0 Å². The van der Waals surface area contributed by atoms with E-state index in [1.807, 2.05) is 6.08 Å². The van der Waals surface area contributed by atoms with E-state index in [9.17, 15) is 4.79 Å². The van der Waals surface area contributed by atoms with Crippen molar-refractivity contribution in [2.75, 3.05) is 14.2 Å². The SMILES string of the molecule is COC(=O)/C1=C/CC[C@]2(C)O[C@H]2CC/C(C)=C/C=C(/C(C)(C)OC)CC1. The highest BCUT2D eigenvalue weighted by molar-refractivity contribution is 5.88. The summed E-state index contributed by atoms with van der Waals surface area (Å²) < 4.78 is 16.6. The van der Waals surface area contributed by atoms with Crippen LogP contribution in [0, 0.1) is 0 Å². The number of hydrogen-bond acceptors (Lipinski definition) is 4. The number of allylic oxidation sites excluding steroid dienone is 4. The Morgan fingerprint density at radius 3 is 2.62 bits per heavy atom. The van der Waals surface area contributed by atoms with Crippen LogP contribution >= 0.6 is 0 Å². The number of ether oxygens (including phenoxy) is 3. The van der Waals surface area contributed by atoms with Gasteiger partial charge in [-0.2, -0.15) is 0 Å². The van der Waals surface area contributed by atoms with Crippen LogP contribution in [-0.2, 0) is 19.0 Å². The zero-order chi connectivity index (χ0) is 19.4. The summed E-state index contributed by atoms with van der Waals surface area (Å²) in [6, 6.07) is 0. The van der Waals surface area contributed by atoms with E-state index in [0.717, 1.165) is 37.7 Å². The first-order valence-corrected chi connectivity index (χ1v) is 9.59. The van der Waals surface area contributed by atoms with Crippen molar-refractivity contribution in [1.82, 2.24) is 0 Å². The Kier molecular flexibility index (Phi) is 6.86. The van der Waals surface area contributed by atoms with Gasteiger partial charge in [0, 0.05) is 12.7 Å². The molecule has 4 heteroatoms. The minimum absolute atomic E-state index is 0.0405. The number of esters is 1. The van der Waals surface area contributed by atoms with Crippen LogP contribution in [0.4, 0.5) is 0 Å². The van der Waals surface area contributed by atoms with Gasteiger partial charge in [0.1, 0.15) is 0 Å². The lowest BCUT2D eigenvalue weighted by Crippen LogP contribution is -2.25. The van der Waals surface area contributed by atoms with Gasteiger partial charge in [-0.3, -0.25) is 0 Å². The molecule has 146 valence electrons. The quantitative estimate of drug-likeness (QED) is 0.529. The first-order valence-electron chi connectivity index (χ1n) is 9.59. The molecule has 1 heterocycles. The zero-order valence-electron chi connectivity index (χ0n) is 17.2. The highest BCUT2D eigenvalue weighted by Gasteiger charge is 2.50. The largest absolute Gasteiger partial charge is 0.466 e. The van der Waals surface area contributed by atoms with Gasteiger partial charge in [-0.1, -0.05) is 23.8 Å². The Morgan fingerprint density at radius 2 is 1.96 bits per heavy atom. The zero-order valence-corrected chi connectivity index (χ0v) is 17.2. The lowest BCUT2D eigenvalue weighted by atomic mass is 9.89. The van der Waals surface area contributed by atoms with Crippen LogP contribution in [0.15, 0.2) is 34.9 Å². The van der Waals surface area contributed by atoms with Gasteiger partial charge in [-0.05, 0) is 71.8 Å². The molecule has 0 amide bonds. The molecule has 0 unspecified atom stereocenters. The molecule has 1 aliphatic carbocycles. The first-order chi connectivity index (χ1) is 12.2. The van der Waals surface area contributed by atoms with Crippen molar-refractivity contribution in [3.05, 3.63) is 34.9 Å². The van der Waals surface area contributed by atoms with Crippen molar-refractivity contribution >= 4 is 5.97 Å². The van der Waals surface area contributed by atoms with Crippen LogP contribution in [0.25, 0.3) is 0 Å². The number of epoxide rings is 1. The maximum atomic E-state index is 12.2. The number of methoxy groups -OCH3 is 2. The number of carbonyl (C=O) groups is 1. The van der Waals surface area contributed by atoms with E-state index in [4.69, 9.17) is 14.2 Å². The van der Waals surface area contributed by atoms with E-state index in [1.54, 1.807) is 7.11 Å². The molecule has 0 aromatic rings. The third-order valence-corrected chi connectivity index (χ3v) is 5.83. The summed E-state index contributed by atoms with van der Waals surface area (Å²) >= 11 is 0. The minimum atomic E-state index is -0.368. The highest BCUT2D eigenvalue weighted by atomic mass is 16.6. The maximum Gasteiger partial charge on any atom is 0.333 e. The summed E-state index contributed by atoms with van der Waals surface area (Å²) in [5, 5.41) is 0. The van der Waals surface area contributed by atoms with Gasteiger partial charge in [0.2, 0.25) is 0 Å². The fraction of sp³-hybridized carbons (Fsp3) is 0.682. The van der Waals surface area contributed by atoms with Gasteiger partial charge in [-0.15, -0.1) is 0 Å². The van der Waals surface area contributed by atoms with E-state index >= 15 is 0 Å². The molecule has 0 bridgehead atoms. The second-order valence-corrected chi connectivity index (χ2v) is 8.14. The van der Waals surface area contributed by atoms with Crippen LogP contribution < -0.4 is 0 Å². The highest BCUT2D eigenvalue weighted by Crippen LogP contribution is 2.43. The van der Waals surface area contributed by atoms with Crippen molar-refractivity contribution in [3.63, 3.8) is 0 Å². The topological polar surface area (TPSA) is 48.1 Å². The average Bonchev–Trinajstić information content (AvgIpc) is 3.26. The summed E-state index contributed by atoms with van der Waals surface area (Å²) in [5.74, 6) is -0.239.